The van der Waals surface area contributed by atoms with Gasteiger partial charge in [-0.1, -0.05) is 11.6 Å². The number of nitrogens with zero attached hydrogens (tertiary/aromatic N) is 3. The largest absolute Gasteiger partial charge is 0.312 e. The van der Waals surface area contributed by atoms with E-state index in [-0.39, 0.29) is 24.8 Å². The molecule has 20 heavy (non-hydrogen) atoms. The Morgan fingerprint density at radius 3 is 2.55 bits per heavy atom. The maximum absolute atomic E-state index is 4.45. The summed E-state index contributed by atoms with van der Waals surface area (Å²) in [5.41, 5.74) is 5.61. The van der Waals surface area contributed by atoms with Gasteiger partial charge in [0.05, 0.1) is 11.9 Å². The number of nitrogens with one attached hydrogen (secondary N) is 2. The smallest absolute Gasteiger partial charge is 0.131 e. The molecule has 1 aliphatic rings. The number of pyridine rings is 1. The number of H-pyrrole nitrogens is 1. The fourth-order valence-electron chi connectivity index (χ4n) is 2.19. The van der Waals surface area contributed by atoms with Crippen LogP contribution in [0.5, 0.6) is 0 Å². The summed E-state index contributed by atoms with van der Waals surface area (Å²) < 4.78 is 0. The summed E-state index contributed by atoms with van der Waals surface area (Å²) in [6.07, 6.45) is 4.70. The van der Waals surface area contributed by atoms with Crippen molar-refractivity contribution in [2.45, 2.75) is 13.3 Å². The molecule has 7 heteroatoms. The maximum Gasteiger partial charge on any atom is 0.131 e. The Balaban J connectivity index is 0.000001000. The van der Waals surface area contributed by atoms with Gasteiger partial charge in [-0.05, 0) is 37.1 Å². The van der Waals surface area contributed by atoms with Crippen LogP contribution in [-0.2, 0) is 0 Å². The fraction of sp³-hybridized carbons (Fsp3) is 0.308. The molecule has 2 aromatic rings. The van der Waals surface area contributed by atoms with E-state index < -0.39 is 0 Å². The van der Waals surface area contributed by atoms with Gasteiger partial charge in [-0.15, -0.1) is 24.8 Å². The zero-order chi connectivity index (χ0) is 12.4. The van der Waals surface area contributed by atoms with Crippen LogP contribution < -0.4 is 5.32 Å². The van der Waals surface area contributed by atoms with Crippen molar-refractivity contribution >= 4 is 30.4 Å². The van der Waals surface area contributed by atoms with Gasteiger partial charge in [0.1, 0.15) is 5.69 Å². The van der Waals surface area contributed by atoms with Crippen molar-refractivity contribution in [1.29, 1.82) is 0 Å². The number of hydrogen-bond donors (Lipinski definition) is 2. The molecule has 0 bridgehead atoms. The molecule has 0 saturated heterocycles. The minimum absolute atomic E-state index is 0. The Morgan fingerprint density at radius 1 is 1.10 bits per heavy atom. The normalized spacial score (nSPS) is 14.4. The molecule has 2 aromatic heterocycles. The third kappa shape index (κ3) is 3.36. The lowest BCUT2D eigenvalue weighted by molar-refractivity contribution is 0.715. The van der Waals surface area contributed by atoms with Gasteiger partial charge in [0.25, 0.3) is 0 Å². The van der Waals surface area contributed by atoms with Gasteiger partial charge in [-0.3, -0.25) is 4.98 Å². The third-order valence-corrected chi connectivity index (χ3v) is 3.28. The van der Waals surface area contributed by atoms with Gasteiger partial charge in [-0.25, -0.2) is 0 Å². The highest BCUT2D eigenvalue weighted by Gasteiger charge is 2.11. The lowest BCUT2D eigenvalue weighted by Crippen LogP contribution is -2.23. The van der Waals surface area contributed by atoms with Crippen LogP contribution in [0.15, 0.2) is 30.1 Å². The molecule has 0 spiro atoms. The summed E-state index contributed by atoms with van der Waals surface area (Å²) in [5.74, 6) is 0. The van der Waals surface area contributed by atoms with Crippen molar-refractivity contribution in [1.82, 2.24) is 25.7 Å². The summed E-state index contributed by atoms with van der Waals surface area (Å²) in [5, 5.41) is 13.8. The van der Waals surface area contributed by atoms with E-state index in [0.29, 0.717) is 0 Å². The van der Waals surface area contributed by atoms with E-state index in [1.807, 2.05) is 12.3 Å². The molecule has 108 valence electrons. The van der Waals surface area contributed by atoms with E-state index in [9.17, 15) is 0 Å². The van der Waals surface area contributed by atoms with Crippen LogP contribution in [0.25, 0.3) is 17.0 Å². The Labute approximate surface area is 130 Å². The van der Waals surface area contributed by atoms with E-state index in [4.69, 9.17) is 0 Å². The molecule has 3 rings (SSSR count). The van der Waals surface area contributed by atoms with Crippen molar-refractivity contribution in [2.24, 2.45) is 0 Å². The van der Waals surface area contributed by atoms with Crippen LogP contribution in [0.1, 0.15) is 18.9 Å². The number of hydrogen-bond acceptors (Lipinski definition) is 4. The highest BCUT2D eigenvalue weighted by Crippen LogP contribution is 2.23. The minimum atomic E-state index is 0. The quantitative estimate of drug-likeness (QED) is 0.894. The average Bonchev–Trinajstić information content (AvgIpc) is 2.94. The minimum Gasteiger partial charge on any atom is -0.312 e. The lowest BCUT2D eigenvalue weighted by atomic mass is 9.97. The topological polar surface area (TPSA) is 66.5 Å². The summed E-state index contributed by atoms with van der Waals surface area (Å²) in [6, 6.07) is 4.09. The molecule has 5 nitrogen and oxygen atoms in total. The highest BCUT2D eigenvalue weighted by atomic mass is 35.5. The SMILES string of the molecule is CC1=C(c2ccc(-c3cn[nH]n3)nc2)CNCC1.Cl.Cl. The Bertz CT molecular complexity index is 563. The molecule has 0 amide bonds. The molecule has 0 radical (unpaired) electrons. The van der Waals surface area contributed by atoms with Crippen molar-refractivity contribution in [3.05, 3.63) is 35.7 Å². The van der Waals surface area contributed by atoms with Crippen LogP contribution in [0, 0.1) is 0 Å². The first kappa shape index (κ1) is 16.6. The third-order valence-electron chi connectivity index (χ3n) is 3.28. The molecule has 1 aliphatic heterocycles. The monoisotopic (exact) mass is 313 g/mol. The molecule has 3 heterocycles. The summed E-state index contributed by atoms with van der Waals surface area (Å²) >= 11 is 0. The summed E-state index contributed by atoms with van der Waals surface area (Å²) in [6.45, 7) is 4.19. The number of aromatic amines is 1. The van der Waals surface area contributed by atoms with E-state index in [0.717, 1.165) is 30.9 Å². The Hall–Kier alpha value is -1.43. The first-order valence-electron chi connectivity index (χ1n) is 6.06. The average molecular weight is 314 g/mol. The Morgan fingerprint density at radius 2 is 1.95 bits per heavy atom. The molecule has 0 unspecified atom stereocenters. The predicted octanol–water partition coefficient (Wildman–Crippen LogP) is 2.48. The predicted molar refractivity (Wildman–Crippen MR) is 84.2 cm³/mol. The van der Waals surface area contributed by atoms with Crippen LogP contribution >= 0.6 is 24.8 Å². The van der Waals surface area contributed by atoms with E-state index in [1.165, 1.54) is 16.7 Å². The number of aromatic nitrogens is 4. The van der Waals surface area contributed by atoms with Gasteiger partial charge in [-0.2, -0.15) is 15.4 Å². The van der Waals surface area contributed by atoms with Crippen LogP contribution in [0.3, 0.4) is 0 Å². The molecular formula is C13H17Cl2N5. The zero-order valence-corrected chi connectivity index (χ0v) is 12.7. The first-order valence-corrected chi connectivity index (χ1v) is 6.06. The molecule has 0 saturated carbocycles. The number of halogens is 2. The molecule has 0 aliphatic carbocycles. The van der Waals surface area contributed by atoms with Gasteiger partial charge in [0.2, 0.25) is 0 Å². The van der Waals surface area contributed by atoms with Crippen LogP contribution in [0.4, 0.5) is 0 Å². The maximum atomic E-state index is 4.45. The molecule has 2 N–H and O–H groups in total. The van der Waals surface area contributed by atoms with E-state index in [2.05, 4.69) is 38.7 Å². The van der Waals surface area contributed by atoms with Gasteiger partial charge < -0.3 is 5.32 Å². The van der Waals surface area contributed by atoms with E-state index in [1.54, 1.807) is 6.20 Å². The molecule has 0 atom stereocenters. The van der Waals surface area contributed by atoms with Crippen molar-refractivity contribution < 1.29 is 0 Å². The summed E-state index contributed by atoms with van der Waals surface area (Å²) in [7, 11) is 0. The molecule has 0 aromatic carbocycles. The van der Waals surface area contributed by atoms with Crippen molar-refractivity contribution in [2.75, 3.05) is 13.1 Å². The fourth-order valence-corrected chi connectivity index (χ4v) is 2.19. The van der Waals surface area contributed by atoms with Gasteiger partial charge in [0.15, 0.2) is 0 Å². The van der Waals surface area contributed by atoms with Crippen LogP contribution in [0.2, 0.25) is 0 Å². The van der Waals surface area contributed by atoms with Crippen LogP contribution in [-0.4, -0.2) is 33.5 Å². The van der Waals surface area contributed by atoms with E-state index >= 15 is 0 Å². The second kappa shape index (κ2) is 7.38. The van der Waals surface area contributed by atoms with Crippen molar-refractivity contribution in [3.63, 3.8) is 0 Å². The summed E-state index contributed by atoms with van der Waals surface area (Å²) in [4.78, 5) is 4.45. The van der Waals surface area contributed by atoms with Gasteiger partial charge >= 0.3 is 0 Å². The highest BCUT2D eigenvalue weighted by molar-refractivity contribution is 5.85. The second-order valence-electron chi connectivity index (χ2n) is 4.47. The first-order chi connectivity index (χ1) is 8.84. The second-order valence-corrected chi connectivity index (χ2v) is 4.47. The molecule has 0 fully saturated rings. The zero-order valence-electron chi connectivity index (χ0n) is 11.1. The van der Waals surface area contributed by atoms with Crippen molar-refractivity contribution in [3.8, 4) is 11.4 Å². The Kier molecular flexibility index (Phi) is 6.13. The molecular weight excluding hydrogens is 297 g/mol. The number of rotatable bonds is 2. The lowest BCUT2D eigenvalue weighted by Gasteiger charge is -2.19. The van der Waals surface area contributed by atoms with Gasteiger partial charge in [0, 0.05) is 12.7 Å². The standard InChI is InChI=1S/C13H15N5.2ClH/c1-9-4-5-14-7-11(9)10-2-3-12(15-6-10)13-8-16-18-17-13;;/h2-3,6,8,14H,4-5,7H2,1H3,(H,16,17,18);2*1H.